The normalized spacial score (nSPS) is 30.0. The van der Waals surface area contributed by atoms with Gasteiger partial charge in [-0.15, -0.1) is 5.47 Å². The molecule has 4 saturated heterocycles. The summed E-state index contributed by atoms with van der Waals surface area (Å²) in [6.07, 6.45) is 38.9. The Hall–Kier alpha value is -0.130. The monoisotopic (exact) mass is 450 g/mol. The van der Waals surface area contributed by atoms with Gasteiger partial charge in [0.05, 0.1) is 0 Å². The summed E-state index contributed by atoms with van der Waals surface area (Å²) < 4.78 is 0. The number of allylic oxidation sites excluding steroid dienone is 2. The van der Waals surface area contributed by atoms with E-state index in [1.54, 1.807) is 44.8 Å². The first-order valence-electron chi connectivity index (χ1n) is 16.1. The largest absolute Gasteiger partial charge is 0.176 e. The van der Waals surface area contributed by atoms with Crippen LogP contribution in [0.15, 0.2) is 11.5 Å². The van der Waals surface area contributed by atoms with Gasteiger partial charge in [-0.2, -0.15) is 0 Å². The van der Waals surface area contributed by atoms with Crippen LogP contribution in [0.3, 0.4) is 0 Å². The summed E-state index contributed by atoms with van der Waals surface area (Å²) in [7, 11) is 0. The Bertz CT molecular complexity index is 525. The SMILES string of the molecule is CCCCCC/C(=C\CCCCCCCB1C2CCCC1CCC2)B1C2CCCC1CCC2. The fraction of sp³-hybridized carbons (Fsp3) is 0.935. The van der Waals surface area contributed by atoms with Gasteiger partial charge in [0, 0.05) is 0 Å². The van der Waals surface area contributed by atoms with Gasteiger partial charge >= 0.3 is 0 Å². The summed E-state index contributed by atoms with van der Waals surface area (Å²) >= 11 is 0. The molecule has 0 N–H and O–H groups in total. The van der Waals surface area contributed by atoms with Crippen LogP contribution in [-0.2, 0) is 0 Å². The van der Waals surface area contributed by atoms with E-state index in [1.165, 1.54) is 109 Å². The second-order valence-electron chi connectivity index (χ2n) is 12.9. The zero-order chi connectivity index (χ0) is 22.7. The van der Waals surface area contributed by atoms with E-state index < -0.39 is 0 Å². The van der Waals surface area contributed by atoms with Crippen molar-refractivity contribution in [3.05, 3.63) is 11.5 Å². The highest BCUT2D eigenvalue weighted by molar-refractivity contribution is 6.70. The second-order valence-corrected chi connectivity index (χ2v) is 12.9. The van der Waals surface area contributed by atoms with Gasteiger partial charge in [0.2, 0.25) is 0 Å². The Morgan fingerprint density at radius 1 is 0.606 bits per heavy atom. The molecule has 4 heterocycles. The molecule has 2 heteroatoms. The summed E-state index contributed by atoms with van der Waals surface area (Å²) in [5.74, 6) is 4.35. The topological polar surface area (TPSA) is 0 Å². The molecule has 0 spiro atoms. The molecule has 186 valence electrons. The highest BCUT2D eigenvalue weighted by atomic mass is 14.3. The Morgan fingerprint density at radius 2 is 1.12 bits per heavy atom. The maximum atomic E-state index is 2.79. The van der Waals surface area contributed by atoms with E-state index in [1.807, 2.05) is 5.47 Å². The third kappa shape index (κ3) is 7.67. The number of rotatable bonds is 14. The maximum absolute atomic E-state index is 2.79. The lowest BCUT2D eigenvalue weighted by atomic mass is 9.24. The first kappa shape index (κ1) is 25.9. The summed E-state index contributed by atoms with van der Waals surface area (Å²) in [6, 6.07) is 0. The second kappa shape index (κ2) is 14.4. The van der Waals surface area contributed by atoms with Gasteiger partial charge in [-0.05, 0) is 19.3 Å². The van der Waals surface area contributed by atoms with E-state index in [2.05, 4.69) is 13.0 Å². The lowest BCUT2D eigenvalue weighted by Crippen LogP contribution is -2.36. The number of hydrogen-bond acceptors (Lipinski definition) is 0. The van der Waals surface area contributed by atoms with Crippen molar-refractivity contribution in [2.24, 2.45) is 0 Å². The highest BCUT2D eigenvalue weighted by Gasteiger charge is 2.41. The Labute approximate surface area is 209 Å². The van der Waals surface area contributed by atoms with Gasteiger partial charge in [0.15, 0.2) is 6.71 Å². The van der Waals surface area contributed by atoms with Crippen LogP contribution in [0.1, 0.15) is 155 Å². The molecule has 0 atom stereocenters. The van der Waals surface area contributed by atoms with E-state index in [0.29, 0.717) is 0 Å². The standard InChI is InChI=1S/C31H56B2/c1-2-3-4-9-16-29(33-30-22-14-23-31(33)25-15-24-30)17-10-7-5-6-8-11-26-32-27-18-12-19-28(32)21-13-20-27/h17,27-28,30-31H,2-16,18-26H2,1H3/b29-17+. The molecule has 0 nitrogen and oxygen atoms in total. The van der Waals surface area contributed by atoms with Crippen molar-refractivity contribution in [1.82, 2.24) is 0 Å². The quantitative estimate of drug-likeness (QED) is 0.182. The third-order valence-corrected chi connectivity index (χ3v) is 10.7. The molecule has 0 aromatic heterocycles. The molecular weight excluding hydrogens is 394 g/mol. The fourth-order valence-electron chi connectivity index (χ4n) is 9.07. The maximum Gasteiger partial charge on any atom is 0.176 e. The third-order valence-electron chi connectivity index (χ3n) is 10.7. The van der Waals surface area contributed by atoms with Crippen LogP contribution >= 0.6 is 0 Å². The number of unbranched alkanes of at least 4 members (excludes halogenated alkanes) is 8. The van der Waals surface area contributed by atoms with Gasteiger partial charge < -0.3 is 0 Å². The molecular formula is C31H56B2. The van der Waals surface area contributed by atoms with E-state index >= 15 is 0 Å². The molecule has 4 fully saturated rings. The van der Waals surface area contributed by atoms with Crippen molar-refractivity contribution in [3.63, 3.8) is 0 Å². The van der Waals surface area contributed by atoms with Crippen LogP contribution in [0.25, 0.3) is 0 Å². The van der Waals surface area contributed by atoms with Gasteiger partial charge in [0.25, 0.3) is 0 Å². The first-order chi connectivity index (χ1) is 16.4. The van der Waals surface area contributed by atoms with Gasteiger partial charge in [-0.25, -0.2) is 0 Å². The van der Waals surface area contributed by atoms with E-state index in [-0.39, 0.29) is 0 Å². The number of hydrogen-bond donors (Lipinski definition) is 0. The van der Waals surface area contributed by atoms with Crippen molar-refractivity contribution in [3.8, 4) is 0 Å². The highest BCUT2D eigenvalue weighted by Crippen LogP contribution is 2.50. The van der Waals surface area contributed by atoms with Crippen molar-refractivity contribution in [2.75, 3.05) is 0 Å². The average Bonchev–Trinajstić information content (AvgIpc) is 2.81. The number of fused-ring (bicyclic) bond motifs is 4. The molecule has 4 aliphatic heterocycles. The predicted molar refractivity (Wildman–Crippen MR) is 151 cm³/mol. The molecule has 0 unspecified atom stereocenters. The van der Waals surface area contributed by atoms with Crippen molar-refractivity contribution in [1.29, 1.82) is 0 Å². The van der Waals surface area contributed by atoms with Crippen LogP contribution < -0.4 is 0 Å². The lowest BCUT2D eigenvalue weighted by molar-refractivity contribution is 0.439. The molecule has 4 rings (SSSR count). The van der Waals surface area contributed by atoms with E-state index in [9.17, 15) is 0 Å². The van der Waals surface area contributed by atoms with Crippen LogP contribution in [0.5, 0.6) is 0 Å². The Morgan fingerprint density at radius 3 is 1.73 bits per heavy atom. The lowest BCUT2D eigenvalue weighted by Gasteiger charge is -2.42. The van der Waals surface area contributed by atoms with Gasteiger partial charge in [0.1, 0.15) is 6.71 Å². The Kier molecular flexibility index (Phi) is 11.3. The average molecular weight is 450 g/mol. The first-order valence-corrected chi connectivity index (χ1v) is 16.1. The van der Waals surface area contributed by atoms with Crippen LogP contribution in [0.2, 0.25) is 29.6 Å². The smallest absolute Gasteiger partial charge is 0.104 e. The zero-order valence-corrected chi connectivity index (χ0v) is 22.5. The summed E-state index contributed by atoms with van der Waals surface area (Å²) in [4.78, 5) is 0. The molecule has 0 saturated carbocycles. The zero-order valence-electron chi connectivity index (χ0n) is 22.5. The van der Waals surface area contributed by atoms with Crippen LogP contribution in [-0.4, -0.2) is 13.4 Å². The molecule has 4 bridgehead atoms. The molecule has 0 aromatic carbocycles. The summed E-state index contributed by atoms with van der Waals surface area (Å²) in [5, 5.41) is 0. The Balaban J connectivity index is 1.15. The summed E-state index contributed by atoms with van der Waals surface area (Å²) in [5.41, 5.74) is 1.93. The molecule has 33 heavy (non-hydrogen) atoms. The minimum atomic E-state index is 0.990. The molecule has 0 radical (unpaired) electrons. The minimum absolute atomic E-state index is 0.990. The minimum Gasteiger partial charge on any atom is -0.104 e. The van der Waals surface area contributed by atoms with E-state index in [0.717, 1.165) is 36.7 Å². The van der Waals surface area contributed by atoms with Crippen molar-refractivity contribution in [2.45, 2.75) is 184 Å². The van der Waals surface area contributed by atoms with Crippen molar-refractivity contribution >= 4 is 13.4 Å². The molecule has 4 aliphatic rings. The van der Waals surface area contributed by atoms with Gasteiger partial charge in [-0.1, -0.05) is 171 Å². The van der Waals surface area contributed by atoms with Crippen molar-refractivity contribution < 1.29 is 0 Å². The molecule has 0 aliphatic carbocycles. The van der Waals surface area contributed by atoms with Crippen LogP contribution in [0.4, 0.5) is 0 Å². The van der Waals surface area contributed by atoms with Crippen LogP contribution in [0, 0.1) is 0 Å². The van der Waals surface area contributed by atoms with E-state index in [4.69, 9.17) is 0 Å². The predicted octanol–water partition coefficient (Wildman–Crippen LogP) is 11.0. The summed E-state index contributed by atoms with van der Waals surface area (Å²) in [6.45, 7) is 4.47. The fourth-order valence-corrected chi connectivity index (χ4v) is 9.07. The molecule has 0 amide bonds. The van der Waals surface area contributed by atoms with Gasteiger partial charge in [-0.3, -0.25) is 0 Å². The molecule has 0 aromatic rings.